The van der Waals surface area contributed by atoms with E-state index >= 15 is 0 Å². The van der Waals surface area contributed by atoms with Gasteiger partial charge in [0.15, 0.2) is 0 Å². The molecule has 0 heterocycles. The van der Waals surface area contributed by atoms with Crippen molar-refractivity contribution in [2.75, 3.05) is 5.73 Å². The lowest BCUT2D eigenvalue weighted by Gasteiger charge is -2.20. The molecule has 1 rings (SSSR count). The first kappa shape index (κ1) is 14.9. The third-order valence-electron chi connectivity index (χ3n) is 2.80. The molecule has 6 heteroatoms. The lowest BCUT2D eigenvalue weighted by Crippen LogP contribution is -2.38. The van der Waals surface area contributed by atoms with Crippen LogP contribution >= 0.6 is 0 Å². The first-order valence-corrected chi connectivity index (χ1v) is 7.33. The monoisotopic (exact) mass is 274 g/mol. The van der Waals surface area contributed by atoms with Crippen LogP contribution in [0.25, 0.3) is 0 Å². The second kappa shape index (κ2) is 5.67. The molecule has 0 aliphatic carbocycles. The van der Waals surface area contributed by atoms with Crippen molar-refractivity contribution in [2.24, 2.45) is 5.92 Å². The smallest absolute Gasteiger partial charge is 0.243 e. The van der Waals surface area contributed by atoms with Gasteiger partial charge in [-0.3, -0.25) is 0 Å². The van der Waals surface area contributed by atoms with Crippen molar-refractivity contribution in [3.05, 3.63) is 24.0 Å². The van der Waals surface area contributed by atoms with E-state index in [4.69, 9.17) is 5.73 Å². The largest absolute Gasteiger partial charge is 0.399 e. The zero-order chi connectivity index (χ0) is 13.9. The summed E-state index contributed by atoms with van der Waals surface area (Å²) in [6.07, 6.45) is 0.640. The van der Waals surface area contributed by atoms with Gasteiger partial charge in [0.1, 0.15) is 10.7 Å². The van der Waals surface area contributed by atoms with E-state index in [1.165, 1.54) is 6.07 Å². The van der Waals surface area contributed by atoms with E-state index in [0.29, 0.717) is 6.42 Å². The minimum absolute atomic E-state index is 0.133. The van der Waals surface area contributed by atoms with Gasteiger partial charge in [0, 0.05) is 11.7 Å². The average molecular weight is 274 g/mol. The summed E-state index contributed by atoms with van der Waals surface area (Å²) in [5, 5.41) is 0. The fourth-order valence-corrected chi connectivity index (χ4v) is 3.26. The van der Waals surface area contributed by atoms with Gasteiger partial charge in [-0.25, -0.2) is 17.5 Å². The lowest BCUT2D eigenvalue weighted by molar-refractivity contribution is 0.435. The maximum absolute atomic E-state index is 13.5. The topological polar surface area (TPSA) is 72.2 Å². The second-order valence-corrected chi connectivity index (χ2v) is 6.25. The van der Waals surface area contributed by atoms with Crippen LogP contribution in [0.15, 0.2) is 23.1 Å². The van der Waals surface area contributed by atoms with Crippen LogP contribution in [0.5, 0.6) is 0 Å². The van der Waals surface area contributed by atoms with E-state index < -0.39 is 20.7 Å². The molecular weight excluding hydrogens is 255 g/mol. The van der Waals surface area contributed by atoms with Crippen LogP contribution in [0, 0.1) is 11.7 Å². The molecule has 3 N–H and O–H groups in total. The summed E-state index contributed by atoms with van der Waals surface area (Å²) in [5.74, 6) is -0.663. The highest BCUT2D eigenvalue weighted by atomic mass is 32.2. The number of nitrogens with one attached hydrogen (secondary N) is 1. The van der Waals surface area contributed by atoms with Gasteiger partial charge in [-0.1, -0.05) is 20.8 Å². The predicted octanol–water partition coefficient (Wildman–Crippen LogP) is 2.12. The van der Waals surface area contributed by atoms with E-state index in [0.717, 1.165) is 12.1 Å². The predicted molar refractivity (Wildman–Crippen MR) is 70.1 cm³/mol. The molecule has 0 amide bonds. The third kappa shape index (κ3) is 3.43. The molecule has 102 valence electrons. The number of benzene rings is 1. The van der Waals surface area contributed by atoms with Gasteiger partial charge in [0.25, 0.3) is 0 Å². The molecule has 1 unspecified atom stereocenters. The maximum atomic E-state index is 13.5. The molecular formula is C12H19FN2O2S. The van der Waals surface area contributed by atoms with Crippen LogP contribution in [0.1, 0.15) is 27.2 Å². The molecule has 1 aromatic rings. The number of sulfonamides is 1. The summed E-state index contributed by atoms with van der Waals surface area (Å²) in [5.41, 5.74) is 5.71. The number of halogens is 1. The SMILES string of the molecule is CCC(NS(=O)(=O)c1cc(N)ccc1F)C(C)C. The zero-order valence-electron chi connectivity index (χ0n) is 10.8. The summed E-state index contributed by atoms with van der Waals surface area (Å²) in [6.45, 7) is 5.70. The van der Waals surface area contributed by atoms with E-state index in [-0.39, 0.29) is 17.6 Å². The summed E-state index contributed by atoms with van der Waals surface area (Å²) in [4.78, 5) is -0.401. The van der Waals surface area contributed by atoms with Crippen LogP contribution in [-0.2, 0) is 10.0 Å². The van der Waals surface area contributed by atoms with Gasteiger partial charge in [0.05, 0.1) is 0 Å². The van der Waals surface area contributed by atoms with E-state index in [9.17, 15) is 12.8 Å². The second-order valence-electron chi connectivity index (χ2n) is 4.57. The lowest BCUT2D eigenvalue weighted by atomic mass is 10.0. The molecule has 0 aliphatic rings. The van der Waals surface area contributed by atoms with Crippen LogP contribution in [0.2, 0.25) is 0 Å². The fourth-order valence-electron chi connectivity index (χ4n) is 1.68. The van der Waals surface area contributed by atoms with Crippen LogP contribution in [0.3, 0.4) is 0 Å². The summed E-state index contributed by atoms with van der Waals surface area (Å²) in [7, 11) is -3.87. The molecule has 1 aromatic carbocycles. The molecule has 1 atom stereocenters. The third-order valence-corrected chi connectivity index (χ3v) is 4.30. The van der Waals surface area contributed by atoms with Crippen molar-refractivity contribution in [1.29, 1.82) is 0 Å². The van der Waals surface area contributed by atoms with E-state index in [1.807, 2.05) is 20.8 Å². The summed E-state index contributed by atoms with van der Waals surface area (Å²) in [6, 6.07) is 3.29. The Morgan fingerprint density at radius 1 is 1.39 bits per heavy atom. The molecule has 0 fully saturated rings. The molecule has 4 nitrogen and oxygen atoms in total. The van der Waals surface area contributed by atoms with Crippen molar-refractivity contribution >= 4 is 15.7 Å². The van der Waals surface area contributed by atoms with Crippen molar-refractivity contribution in [3.63, 3.8) is 0 Å². The van der Waals surface area contributed by atoms with E-state index in [2.05, 4.69) is 4.72 Å². The van der Waals surface area contributed by atoms with E-state index in [1.54, 1.807) is 0 Å². The van der Waals surface area contributed by atoms with Gasteiger partial charge < -0.3 is 5.73 Å². The molecule has 0 saturated heterocycles. The molecule has 0 aliphatic heterocycles. The van der Waals surface area contributed by atoms with Gasteiger partial charge in [0.2, 0.25) is 10.0 Å². The van der Waals surface area contributed by atoms with Gasteiger partial charge in [-0.05, 0) is 30.5 Å². The Morgan fingerprint density at radius 2 is 2.00 bits per heavy atom. The average Bonchev–Trinajstić information content (AvgIpc) is 2.28. The normalized spacial score (nSPS) is 13.8. The zero-order valence-corrected chi connectivity index (χ0v) is 11.6. The first-order chi connectivity index (χ1) is 8.27. The number of nitrogen functional groups attached to an aromatic ring is 1. The first-order valence-electron chi connectivity index (χ1n) is 5.85. The Labute approximate surface area is 107 Å². The standard InChI is InChI=1S/C12H19FN2O2S/c1-4-11(8(2)3)15-18(16,17)12-7-9(14)5-6-10(12)13/h5-8,11,15H,4,14H2,1-3H3. The van der Waals surface area contributed by atoms with Gasteiger partial charge in [-0.2, -0.15) is 0 Å². The van der Waals surface area contributed by atoms with Crippen molar-refractivity contribution in [1.82, 2.24) is 4.72 Å². The van der Waals surface area contributed by atoms with Crippen LogP contribution in [0.4, 0.5) is 10.1 Å². The molecule has 0 spiro atoms. The minimum Gasteiger partial charge on any atom is -0.399 e. The van der Waals surface area contributed by atoms with Crippen LogP contribution in [-0.4, -0.2) is 14.5 Å². The number of hydrogen-bond acceptors (Lipinski definition) is 3. The molecule has 0 aromatic heterocycles. The number of anilines is 1. The summed E-state index contributed by atoms with van der Waals surface area (Å²) < 4.78 is 40.2. The highest BCUT2D eigenvalue weighted by Crippen LogP contribution is 2.19. The number of hydrogen-bond donors (Lipinski definition) is 2. The number of rotatable bonds is 5. The van der Waals surface area contributed by atoms with Gasteiger partial charge in [-0.15, -0.1) is 0 Å². The highest BCUT2D eigenvalue weighted by Gasteiger charge is 2.24. The minimum atomic E-state index is -3.87. The fraction of sp³-hybridized carbons (Fsp3) is 0.500. The highest BCUT2D eigenvalue weighted by molar-refractivity contribution is 7.89. The Bertz CT molecular complexity index is 515. The van der Waals surface area contributed by atoms with Crippen molar-refractivity contribution in [2.45, 2.75) is 38.1 Å². The Balaban J connectivity index is 3.10. The van der Waals surface area contributed by atoms with Crippen molar-refractivity contribution in [3.8, 4) is 0 Å². The van der Waals surface area contributed by atoms with Gasteiger partial charge >= 0.3 is 0 Å². The number of nitrogens with two attached hydrogens (primary N) is 1. The Morgan fingerprint density at radius 3 is 2.50 bits per heavy atom. The molecule has 0 bridgehead atoms. The summed E-state index contributed by atoms with van der Waals surface area (Å²) >= 11 is 0. The van der Waals surface area contributed by atoms with Crippen LogP contribution < -0.4 is 10.5 Å². The maximum Gasteiger partial charge on any atom is 0.243 e. The Hall–Kier alpha value is -1.14. The molecule has 0 saturated carbocycles. The molecule has 0 radical (unpaired) electrons. The Kier molecular flexibility index (Phi) is 4.70. The molecule has 18 heavy (non-hydrogen) atoms. The quantitative estimate of drug-likeness (QED) is 0.808. The van der Waals surface area contributed by atoms with Crippen molar-refractivity contribution < 1.29 is 12.8 Å².